The predicted molar refractivity (Wildman–Crippen MR) is 47.1 cm³/mol. The van der Waals surface area contributed by atoms with Gasteiger partial charge in [0.15, 0.2) is 0 Å². The fourth-order valence-electron chi connectivity index (χ4n) is 1.00. The van der Waals surface area contributed by atoms with E-state index in [1.165, 1.54) is 0 Å². The van der Waals surface area contributed by atoms with Crippen LogP contribution >= 0.6 is 0 Å². The van der Waals surface area contributed by atoms with Crippen LogP contribution < -0.4 is 0 Å². The lowest BCUT2D eigenvalue weighted by atomic mass is 10.00. The van der Waals surface area contributed by atoms with Crippen LogP contribution in [-0.4, -0.2) is 5.78 Å². The Hall–Kier alpha value is -0.770. The van der Waals surface area contributed by atoms with Crippen LogP contribution in [-0.2, 0) is 4.79 Å². The summed E-state index contributed by atoms with van der Waals surface area (Å²) in [7, 11) is 0. The zero-order chi connectivity index (χ0) is 8.69. The minimum Gasteiger partial charge on any atom is -0.300 e. The zero-order valence-corrected chi connectivity index (χ0v) is 7.39. The van der Waals surface area contributed by atoms with Crippen molar-refractivity contribution in [3.63, 3.8) is 0 Å². The third-order valence-corrected chi connectivity index (χ3v) is 1.81. The number of carbonyl (C=O) groups excluding carboxylic acids is 1. The van der Waals surface area contributed by atoms with Gasteiger partial charge >= 0.3 is 0 Å². The van der Waals surface area contributed by atoms with Gasteiger partial charge in [-0.1, -0.05) is 6.92 Å². The van der Waals surface area contributed by atoms with Gasteiger partial charge in [-0.15, -0.1) is 12.3 Å². The maximum atomic E-state index is 10.6. The molecule has 1 heteroatoms. The van der Waals surface area contributed by atoms with E-state index in [4.69, 9.17) is 6.42 Å². The summed E-state index contributed by atoms with van der Waals surface area (Å²) in [6.45, 7) is 3.70. The van der Waals surface area contributed by atoms with Crippen molar-refractivity contribution in [2.24, 2.45) is 5.92 Å². The normalized spacial score (nSPS) is 12.1. The molecule has 0 aromatic rings. The molecule has 0 heterocycles. The van der Waals surface area contributed by atoms with Crippen molar-refractivity contribution in [2.75, 3.05) is 0 Å². The molecular formula is C10H16O. The van der Waals surface area contributed by atoms with Gasteiger partial charge in [-0.3, -0.25) is 0 Å². The zero-order valence-electron chi connectivity index (χ0n) is 7.39. The van der Waals surface area contributed by atoms with Crippen molar-refractivity contribution in [3.8, 4) is 12.3 Å². The fraction of sp³-hybridized carbons (Fsp3) is 0.700. The first-order valence-corrected chi connectivity index (χ1v) is 4.16. The Morgan fingerprint density at radius 3 is 2.64 bits per heavy atom. The van der Waals surface area contributed by atoms with E-state index in [1.54, 1.807) is 6.92 Å². The van der Waals surface area contributed by atoms with Crippen LogP contribution in [0.5, 0.6) is 0 Å². The van der Waals surface area contributed by atoms with Crippen LogP contribution in [0.2, 0.25) is 0 Å². The summed E-state index contributed by atoms with van der Waals surface area (Å²) in [6, 6.07) is 0. The van der Waals surface area contributed by atoms with Gasteiger partial charge in [-0.2, -0.15) is 0 Å². The largest absolute Gasteiger partial charge is 0.300 e. The van der Waals surface area contributed by atoms with Gasteiger partial charge in [-0.25, -0.2) is 0 Å². The smallest absolute Gasteiger partial charge is 0.129 e. The average molecular weight is 152 g/mol. The molecule has 0 radical (unpaired) electrons. The maximum absolute atomic E-state index is 10.6. The van der Waals surface area contributed by atoms with Crippen LogP contribution in [0.15, 0.2) is 0 Å². The number of ketones is 1. The van der Waals surface area contributed by atoms with Gasteiger partial charge in [0.1, 0.15) is 5.78 Å². The molecule has 0 aliphatic heterocycles. The van der Waals surface area contributed by atoms with E-state index >= 15 is 0 Å². The van der Waals surface area contributed by atoms with Gasteiger partial charge in [-0.05, 0) is 26.2 Å². The lowest BCUT2D eigenvalue weighted by Gasteiger charge is -2.04. The Bertz CT molecular complexity index is 153. The van der Waals surface area contributed by atoms with Crippen LogP contribution in [0.1, 0.15) is 39.5 Å². The monoisotopic (exact) mass is 152 g/mol. The molecule has 0 aromatic carbocycles. The first kappa shape index (κ1) is 10.2. The standard InChI is InChI=1S/C10H16O/c1-4-10(5-2)8-6-7-9(3)11/h1,10H,5-8H2,2-3H3. The van der Waals surface area contributed by atoms with Gasteiger partial charge in [0.2, 0.25) is 0 Å². The molecule has 0 aromatic heterocycles. The first-order valence-electron chi connectivity index (χ1n) is 4.16. The topological polar surface area (TPSA) is 17.1 Å². The van der Waals surface area contributed by atoms with Gasteiger partial charge in [0.05, 0.1) is 0 Å². The molecule has 0 bridgehead atoms. The Labute approximate surface area is 69.2 Å². The second-order valence-corrected chi connectivity index (χ2v) is 2.87. The van der Waals surface area contributed by atoms with E-state index in [9.17, 15) is 4.79 Å². The molecule has 0 spiro atoms. The van der Waals surface area contributed by atoms with Crippen molar-refractivity contribution in [2.45, 2.75) is 39.5 Å². The molecule has 0 rings (SSSR count). The molecule has 0 N–H and O–H groups in total. The Kier molecular flexibility index (Phi) is 5.56. The molecule has 0 amide bonds. The SMILES string of the molecule is C#CC(CC)CCCC(C)=O. The molecule has 0 saturated heterocycles. The van der Waals surface area contributed by atoms with Gasteiger partial charge < -0.3 is 4.79 Å². The minimum atomic E-state index is 0.261. The first-order chi connectivity index (χ1) is 5.20. The van der Waals surface area contributed by atoms with Crippen molar-refractivity contribution >= 4 is 5.78 Å². The van der Waals surface area contributed by atoms with E-state index < -0.39 is 0 Å². The Morgan fingerprint density at radius 2 is 2.27 bits per heavy atom. The summed E-state index contributed by atoms with van der Waals surface area (Å²) in [5, 5.41) is 0. The number of rotatable bonds is 5. The van der Waals surface area contributed by atoms with Crippen LogP contribution in [0.25, 0.3) is 0 Å². The number of hydrogen-bond donors (Lipinski definition) is 0. The summed E-state index contributed by atoms with van der Waals surface area (Å²) < 4.78 is 0. The highest BCUT2D eigenvalue weighted by atomic mass is 16.1. The van der Waals surface area contributed by atoms with Crippen LogP contribution in [0.3, 0.4) is 0 Å². The summed E-state index contributed by atoms with van der Waals surface area (Å²) in [6.07, 6.45) is 8.90. The summed E-state index contributed by atoms with van der Waals surface area (Å²) in [5.74, 6) is 3.34. The molecular weight excluding hydrogens is 136 g/mol. The lowest BCUT2D eigenvalue weighted by Crippen LogP contribution is -1.97. The van der Waals surface area contributed by atoms with E-state index in [1.807, 2.05) is 0 Å². The molecule has 1 unspecified atom stereocenters. The Balaban J connectivity index is 3.38. The fourth-order valence-corrected chi connectivity index (χ4v) is 1.00. The van der Waals surface area contributed by atoms with E-state index in [-0.39, 0.29) is 5.78 Å². The lowest BCUT2D eigenvalue weighted by molar-refractivity contribution is -0.117. The number of hydrogen-bond acceptors (Lipinski definition) is 1. The average Bonchev–Trinajstić information content (AvgIpc) is 1.98. The molecule has 1 atom stereocenters. The minimum absolute atomic E-state index is 0.261. The van der Waals surface area contributed by atoms with E-state index in [0.29, 0.717) is 12.3 Å². The van der Waals surface area contributed by atoms with Crippen molar-refractivity contribution < 1.29 is 4.79 Å². The molecule has 0 aliphatic carbocycles. The second-order valence-electron chi connectivity index (χ2n) is 2.87. The van der Waals surface area contributed by atoms with Gasteiger partial charge in [0, 0.05) is 12.3 Å². The van der Waals surface area contributed by atoms with Crippen molar-refractivity contribution in [1.82, 2.24) is 0 Å². The van der Waals surface area contributed by atoms with E-state index in [2.05, 4.69) is 12.8 Å². The Morgan fingerprint density at radius 1 is 1.64 bits per heavy atom. The van der Waals surface area contributed by atoms with Gasteiger partial charge in [0.25, 0.3) is 0 Å². The third-order valence-electron chi connectivity index (χ3n) is 1.81. The summed E-state index contributed by atoms with van der Waals surface area (Å²) in [5.41, 5.74) is 0. The highest BCUT2D eigenvalue weighted by molar-refractivity contribution is 5.75. The molecule has 1 nitrogen and oxygen atoms in total. The number of terminal acetylenes is 1. The predicted octanol–water partition coefficient (Wildman–Crippen LogP) is 2.41. The number of Topliss-reactive ketones (excluding diaryl/α,β-unsaturated/α-hetero) is 1. The molecule has 0 saturated carbocycles. The quantitative estimate of drug-likeness (QED) is 0.553. The molecule has 0 aliphatic rings. The van der Waals surface area contributed by atoms with Crippen LogP contribution in [0, 0.1) is 18.3 Å². The molecule has 0 fully saturated rings. The van der Waals surface area contributed by atoms with Crippen LogP contribution in [0.4, 0.5) is 0 Å². The molecule has 11 heavy (non-hydrogen) atoms. The highest BCUT2D eigenvalue weighted by Crippen LogP contribution is 2.10. The molecule has 62 valence electrons. The van der Waals surface area contributed by atoms with Crippen molar-refractivity contribution in [3.05, 3.63) is 0 Å². The maximum Gasteiger partial charge on any atom is 0.129 e. The van der Waals surface area contributed by atoms with Crippen molar-refractivity contribution in [1.29, 1.82) is 0 Å². The summed E-state index contributed by atoms with van der Waals surface area (Å²) >= 11 is 0. The number of carbonyl (C=O) groups is 1. The van der Waals surface area contributed by atoms with E-state index in [0.717, 1.165) is 19.3 Å². The summed E-state index contributed by atoms with van der Waals surface area (Å²) in [4.78, 5) is 10.6. The highest BCUT2D eigenvalue weighted by Gasteiger charge is 2.01. The second kappa shape index (κ2) is 5.97. The third kappa shape index (κ3) is 5.66.